The first kappa shape index (κ1) is 18.1. The molecule has 0 bridgehead atoms. The number of hydrogen-bond donors (Lipinski definition) is 1. The maximum Gasteiger partial charge on any atom is 0.240 e. The van der Waals surface area contributed by atoms with Crippen molar-refractivity contribution in [2.45, 2.75) is 50.6 Å². The Kier molecular flexibility index (Phi) is 5.44. The number of benzene rings is 2. The average Bonchev–Trinajstić information content (AvgIpc) is 3.39. The van der Waals surface area contributed by atoms with Crippen LogP contribution in [0.2, 0.25) is 0 Å². The molecule has 4 rings (SSSR count). The summed E-state index contributed by atoms with van der Waals surface area (Å²) in [5.41, 5.74) is 0.792. The zero-order valence-corrected chi connectivity index (χ0v) is 15.8. The highest BCUT2D eigenvalue weighted by molar-refractivity contribution is 5.86. The van der Waals surface area contributed by atoms with E-state index in [2.05, 4.69) is 10.2 Å². The van der Waals surface area contributed by atoms with Crippen molar-refractivity contribution >= 4 is 5.91 Å². The van der Waals surface area contributed by atoms with Gasteiger partial charge in [0, 0.05) is 6.54 Å². The Bertz CT molecular complexity index is 763. The van der Waals surface area contributed by atoms with Crippen molar-refractivity contribution in [2.24, 2.45) is 0 Å². The smallest absolute Gasteiger partial charge is 0.240 e. The molecule has 1 amide bonds. The van der Waals surface area contributed by atoms with Gasteiger partial charge in [0.25, 0.3) is 0 Å². The van der Waals surface area contributed by atoms with Gasteiger partial charge in [-0.1, -0.05) is 43.2 Å². The van der Waals surface area contributed by atoms with Gasteiger partial charge in [-0.05, 0) is 68.6 Å². The predicted octanol–water partition coefficient (Wildman–Crippen LogP) is 4.50. The van der Waals surface area contributed by atoms with Gasteiger partial charge < -0.3 is 10.1 Å². The lowest BCUT2D eigenvalue weighted by molar-refractivity contribution is -0.133. The fraction of sp³-hybridized carbons (Fsp3) is 0.435. The number of nitrogens with zero attached hydrogens (tertiary/aromatic N) is 1. The molecule has 1 N–H and O–H groups in total. The third kappa shape index (κ3) is 4.01. The summed E-state index contributed by atoms with van der Waals surface area (Å²) in [5.74, 6) is 1.82. The molecular weight excluding hydrogens is 336 g/mol. The van der Waals surface area contributed by atoms with Gasteiger partial charge >= 0.3 is 0 Å². The normalized spacial score (nSPS) is 19.1. The lowest BCUT2D eigenvalue weighted by Gasteiger charge is -2.37. The van der Waals surface area contributed by atoms with Gasteiger partial charge in [-0.15, -0.1) is 0 Å². The summed E-state index contributed by atoms with van der Waals surface area (Å²) in [5, 5.41) is 3.21. The maximum absolute atomic E-state index is 13.1. The van der Waals surface area contributed by atoms with E-state index >= 15 is 0 Å². The Morgan fingerprint density at radius 2 is 1.63 bits per heavy atom. The summed E-state index contributed by atoms with van der Waals surface area (Å²) >= 11 is 0. The number of amides is 1. The Balaban J connectivity index is 1.40. The molecule has 142 valence electrons. The minimum Gasteiger partial charge on any atom is -0.457 e. The fourth-order valence-electron chi connectivity index (χ4n) is 4.48. The number of rotatable bonds is 6. The van der Waals surface area contributed by atoms with Crippen LogP contribution in [0.4, 0.5) is 0 Å². The van der Waals surface area contributed by atoms with E-state index in [0.717, 1.165) is 55.8 Å². The molecule has 0 unspecified atom stereocenters. The second-order valence-electron chi connectivity index (χ2n) is 7.68. The molecule has 4 heteroatoms. The van der Waals surface area contributed by atoms with E-state index < -0.39 is 0 Å². The Hall–Kier alpha value is -2.33. The van der Waals surface area contributed by atoms with Crippen LogP contribution >= 0.6 is 0 Å². The number of nitrogens with one attached hydrogen (secondary N) is 1. The van der Waals surface area contributed by atoms with E-state index in [0.29, 0.717) is 6.54 Å². The van der Waals surface area contributed by atoms with Crippen molar-refractivity contribution in [3.05, 3.63) is 60.2 Å². The summed E-state index contributed by atoms with van der Waals surface area (Å²) < 4.78 is 5.91. The van der Waals surface area contributed by atoms with E-state index in [1.165, 1.54) is 12.8 Å². The molecule has 4 nitrogen and oxygen atoms in total. The summed E-state index contributed by atoms with van der Waals surface area (Å²) in [6, 6.07) is 17.7. The molecule has 0 spiro atoms. The summed E-state index contributed by atoms with van der Waals surface area (Å²) in [4.78, 5) is 15.6. The molecule has 1 saturated carbocycles. The van der Waals surface area contributed by atoms with Gasteiger partial charge in [-0.25, -0.2) is 0 Å². The quantitative estimate of drug-likeness (QED) is 0.820. The lowest BCUT2D eigenvalue weighted by atomic mass is 9.94. The van der Waals surface area contributed by atoms with Crippen LogP contribution in [0.3, 0.4) is 0 Å². The number of carbonyl (C=O) groups excluding carboxylic acids is 1. The van der Waals surface area contributed by atoms with Crippen molar-refractivity contribution < 1.29 is 9.53 Å². The zero-order valence-electron chi connectivity index (χ0n) is 15.8. The molecule has 1 aliphatic carbocycles. The van der Waals surface area contributed by atoms with E-state index in [1.54, 1.807) is 0 Å². The maximum atomic E-state index is 13.1. The second-order valence-corrected chi connectivity index (χ2v) is 7.68. The molecule has 0 atom stereocenters. The first-order chi connectivity index (χ1) is 13.3. The van der Waals surface area contributed by atoms with Gasteiger partial charge in [0.05, 0.1) is 0 Å². The minimum absolute atomic E-state index is 0.205. The topological polar surface area (TPSA) is 41.6 Å². The second kappa shape index (κ2) is 8.13. The number of carbonyl (C=O) groups is 1. The van der Waals surface area contributed by atoms with Crippen molar-refractivity contribution in [1.82, 2.24) is 10.2 Å². The molecule has 2 aromatic carbocycles. The fourth-order valence-corrected chi connectivity index (χ4v) is 4.48. The Labute approximate surface area is 161 Å². The molecule has 27 heavy (non-hydrogen) atoms. The molecule has 2 aromatic rings. The number of para-hydroxylation sites is 1. The van der Waals surface area contributed by atoms with Gasteiger partial charge in [0.2, 0.25) is 5.91 Å². The third-order valence-electron chi connectivity index (χ3n) is 5.90. The van der Waals surface area contributed by atoms with Crippen LogP contribution in [0.15, 0.2) is 54.6 Å². The number of ether oxygens (including phenoxy) is 1. The summed E-state index contributed by atoms with van der Waals surface area (Å²) in [7, 11) is 0. The molecule has 2 fully saturated rings. The molecule has 0 aromatic heterocycles. The van der Waals surface area contributed by atoms with Gasteiger partial charge in [0.15, 0.2) is 0 Å². The van der Waals surface area contributed by atoms with Crippen molar-refractivity contribution in [1.29, 1.82) is 0 Å². The number of hydrogen-bond acceptors (Lipinski definition) is 3. The van der Waals surface area contributed by atoms with Crippen LogP contribution in [0.1, 0.15) is 44.1 Å². The molecule has 1 saturated heterocycles. The molecule has 1 aliphatic heterocycles. The third-order valence-corrected chi connectivity index (χ3v) is 5.90. The summed E-state index contributed by atoms with van der Waals surface area (Å²) in [6.45, 7) is 2.67. The monoisotopic (exact) mass is 364 g/mol. The lowest BCUT2D eigenvalue weighted by Crippen LogP contribution is -2.56. The standard InChI is InChI=1S/C23H28N2O2/c26-22(23(13-4-5-14-23)25-15-6-7-16-25)24-18-19-9-8-12-21(17-19)27-20-10-2-1-3-11-20/h1-3,8-12,17H,4-7,13-16,18H2,(H,24,26). The van der Waals surface area contributed by atoms with E-state index in [-0.39, 0.29) is 11.4 Å². The predicted molar refractivity (Wildman–Crippen MR) is 107 cm³/mol. The molecule has 2 aliphatic rings. The highest BCUT2D eigenvalue weighted by Crippen LogP contribution is 2.37. The SMILES string of the molecule is O=C(NCc1cccc(Oc2ccccc2)c1)C1(N2CCCC2)CCCC1. The van der Waals surface area contributed by atoms with E-state index in [1.807, 2.05) is 54.6 Å². The van der Waals surface area contributed by atoms with Crippen LogP contribution in [0.5, 0.6) is 11.5 Å². The Morgan fingerprint density at radius 1 is 0.926 bits per heavy atom. The van der Waals surface area contributed by atoms with Crippen LogP contribution in [-0.4, -0.2) is 29.4 Å². The highest BCUT2D eigenvalue weighted by atomic mass is 16.5. The van der Waals surface area contributed by atoms with Crippen molar-refractivity contribution in [3.63, 3.8) is 0 Å². The van der Waals surface area contributed by atoms with Crippen LogP contribution in [-0.2, 0) is 11.3 Å². The zero-order chi connectivity index (χ0) is 18.5. The van der Waals surface area contributed by atoms with Crippen molar-refractivity contribution in [3.8, 4) is 11.5 Å². The van der Waals surface area contributed by atoms with Crippen LogP contribution in [0, 0.1) is 0 Å². The largest absolute Gasteiger partial charge is 0.457 e. The van der Waals surface area contributed by atoms with Gasteiger partial charge in [-0.3, -0.25) is 9.69 Å². The minimum atomic E-state index is -0.269. The van der Waals surface area contributed by atoms with Gasteiger partial charge in [-0.2, -0.15) is 0 Å². The van der Waals surface area contributed by atoms with Crippen molar-refractivity contribution in [2.75, 3.05) is 13.1 Å². The van der Waals surface area contributed by atoms with Crippen LogP contribution in [0.25, 0.3) is 0 Å². The molecule has 1 heterocycles. The first-order valence-corrected chi connectivity index (χ1v) is 10.1. The Morgan fingerprint density at radius 3 is 2.37 bits per heavy atom. The van der Waals surface area contributed by atoms with Gasteiger partial charge in [0.1, 0.15) is 17.0 Å². The van der Waals surface area contributed by atoms with E-state index in [4.69, 9.17) is 4.74 Å². The van der Waals surface area contributed by atoms with E-state index in [9.17, 15) is 4.79 Å². The number of likely N-dealkylation sites (tertiary alicyclic amines) is 1. The first-order valence-electron chi connectivity index (χ1n) is 10.1. The average molecular weight is 364 g/mol. The highest BCUT2D eigenvalue weighted by Gasteiger charge is 2.46. The van der Waals surface area contributed by atoms with Crippen LogP contribution < -0.4 is 10.1 Å². The summed E-state index contributed by atoms with van der Waals surface area (Å²) in [6.07, 6.45) is 6.74. The molecular formula is C23H28N2O2. The molecule has 0 radical (unpaired) electrons.